The Morgan fingerprint density at radius 3 is 2.68 bits per heavy atom. The van der Waals surface area contributed by atoms with E-state index in [-0.39, 0.29) is 0 Å². The van der Waals surface area contributed by atoms with Crippen LogP contribution in [0.25, 0.3) is 6.08 Å². The predicted octanol–water partition coefficient (Wildman–Crippen LogP) is 4.45. The molecule has 4 heteroatoms. The fraction of sp³-hybridized carbons (Fsp3) is 0.133. The number of thiophene rings is 1. The highest BCUT2D eigenvalue weighted by Gasteiger charge is 2.00. The smallest absolute Gasteiger partial charge is 0.328 e. The molecule has 0 saturated carbocycles. The number of carbonyl (C=O) groups is 1. The van der Waals surface area contributed by atoms with Gasteiger partial charge in [-0.05, 0) is 37.3 Å². The average molecular weight is 290 g/mol. The molecule has 1 N–H and O–H groups in total. The molecular formula is C15H14O2S2. The summed E-state index contributed by atoms with van der Waals surface area (Å²) in [7, 11) is 0. The maximum Gasteiger partial charge on any atom is 0.328 e. The zero-order valence-electron chi connectivity index (χ0n) is 10.5. The molecule has 2 aromatic rings. The Bertz CT molecular complexity index is 582. The van der Waals surface area contributed by atoms with Gasteiger partial charge in [-0.15, -0.1) is 23.1 Å². The fourth-order valence-corrected chi connectivity index (χ4v) is 3.36. The topological polar surface area (TPSA) is 37.3 Å². The molecule has 1 heterocycles. The summed E-state index contributed by atoms with van der Waals surface area (Å²) in [5.74, 6) is -0.00163. The van der Waals surface area contributed by atoms with Gasteiger partial charge in [-0.1, -0.05) is 17.7 Å². The number of thioether (sulfide) groups is 1. The van der Waals surface area contributed by atoms with Gasteiger partial charge in [0.2, 0.25) is 0 Å². The van der Waals surface area contributed by atoms with Crippen LogP contribution in [-0.4, -0.2) is 11.1 Å². The summed E-state index contributed by atoms with van der Waals surface area (Å²) in [6.45, 7) is 2.08. The van der Waals surface area contributed by atoms with Crippen molar-refractivity contribution in [2.24, 2.45) is 0 Å². The normalized spacial score (nSPS) is 11.0. The summed E-state index contributed by atoms with van der Waals surface area (Å²) in [4.78, 5) is 13.9. The van der Waals surface area contributed by atoms with Crippen molar-refractivity contribution in [3.63, 3.8) is 0 Å². The molecule has 0 saturated heterocycles. The monoisotopic (exact) mass is 290 g/mol. The van der Waals surface area contributed by atoms with Crippen LogP contribution in [0.3, 0.4) is 0 Å². The number of aliphatic carboxylic acids is 1. The molecule has 98 valence electrons. The number of aryl methyl sites for hydroxylation is 1. The molecule has 2 nitrogen and oxygen atoms in total. The van der Waals surface area contributed by atoms with Gasteiger partial charge in [-0.25, -0.2) is 4.79 Å². The molecule has 0 unspecified atom stereocenters. The van der Waals surface area contributed by atoms with E-state index in [1.807, 2.05) is 12.1 Å². The Morgan fingerprint density at radius 2 is 2.00 bits per heavy atom. The van der Waals surface area contributed by atoms with Crippen LogP contribution in [0.2, 0.25) is 0 Å². The van der Waals surface area contributed by atoms with Crippen LogP contribution in [-0.2, 0) is 10.5 Å². The molecule has 0 atom stereocenters. The predicted molar refractivity (Wildman–Crippen MR) is 81.7 cm³/mol. The van der Waals surface area contributed by atoms with E-state index in [0.717, 1.165) is 10.6 Å². The molecule has 0 spiro atoms. The third-order valence-electron chi connectivity index (χ3n) is 2.47. The van der Waals surface area contributed by atoms with Crippen molar-refractivity contribution in [1.82, 2.24) is 0 Å². The standard InChI is InChI=1S/C15H14O2S2/c1-11-2-4-12(5-3-11)18-10-14-7-6-13(19-14)8-9-15(16)17/h2-9H,10H2,1H3,(H,16,17). The van der Waals surface area contributed by atoms with Gasteiger partial charge >= 0.3 is 5.97 Å². The lowest BCUT2D eigenvalue weighted by Crippen LogP contribution is -1.84. The maximum atomic E-state index is 10.4. The molecule has 0 radical (unpaired) electrons. The molecule has 0 amide bonds. The van der Waals surface area contributed by atoms with Crippen LogP contribution in [0, 0.1) is 6.92 Å². The van der Waals surface area contributed by atoms with Gasteiger partial charge in [-0.2, -0.15) is 0 Å². The summed E-state index contributed by atoms with van der Waals surface area (Å²) >= 11 is 3.42. The third-order valence-corrected chi connectivity index (χ3v) is 4.77. The number of rotatable bonds is 5. The molecule has 0 aliphatic rings. The summed E-state index contributed by atoms with van der Waals surface area (Å²) in [6.07, 6.45) is 2.80. The highest BCUT2D eigenvalue weighted by molar-refractivity contribution is 7.98. The van der Waals surface area contributed by atoms with Crippen molar-refractivity contribution >= 4 is 35.1 Å². The first-order valence-corrected chi connectivity index (χ1v) is 7.63. The highest BCUT2D eigenvalue weighted by Crippen LogP contribution is 2.27. The molecule has 1 aromatic heterocycles. The summed E-state index contributed by atoms with van der Waals surface area (Å²) in [5.41, 5.74) is 1.27. The Morgan fingerprint density at radius 1 is 1.26 bits per heavy atom. The van der Waals surface area contributed by atoms with Crippen molar-refractivity contribution in [2.45, 2.75) is 17.6 Å². The zero-order chi connectivity index (χ0) is 13.7. The van der Waals surface area contributed by atoms with E-state index in [1.54, 1.807) is 29.2 Å². The molecule has 0 aliphatic carbocycles. The molecule has 0 aliphatic heterocycles. The van der Waals surface area contributed by atoms with Crippen LogP contribution in [0.5, 0.6) is 0 Å². The number of hydrogen-bond donors (Lipinski definition) is 1. The minimum atomic E-state index is -0.913. The largest absolute Gasteiger partial charge is 0.478 e. The molecular weight excluding hydrogens is 276 g/mol. The van der Waals surface area contributed by atoms with Gasteiger partial charge in [0.1, 0.15) is 0 Å². The van der Waals surface area contributed by atoms with E-state index in [2.05, 4.69) is 31.2 Å². The number of benzene rings is 1. The molecule has 1 aromatic carbocycles. The van der Waals surface area contributed by atoms with Gasteiger partial charge in [-0.3, -0.25) is 0 Å². The second-order valence-corrected chi connectivity index (χ2v) is 6.33. The second kappa shape index (κ2) is 6.59. The van der Waals surface area contributed by atoms with Crippen LogP contribution < -0.4 is 0 Å². The number of carboxylic acids is 1. The Balaban J connectivity index is 1.93. The lowest BCUT2D eigenvalue weighted by Gasteiger charge is -2.00. The van der Waals surface area contributed by atoms with Gasteiger partial charge in [0.25, 0.3) is 0 Å². The van der Waals surface area contributed by atoms with E-state index in [1.165, 1.54) is 21.4 Å². The lowest BCUT2D eigenvalue weighted by atomic mass is 10.2. The molecule has 19 heavy (non-hydrogen) atoms. The minimum Gasteiger partial charge on any atom is -0.478 e. The lowest BCUT2D eigenvalue weighted by molar-refractivity contribution is -0.131. The maximum absolute atomic E-state index is 10.4. The Hall–Kier alpha value is -1.52. The van der Waals surface area contributed by atoms with E-state index < -0.39 is 5.97 Å². The molecule has 0 fully saturated rings. The first-order chi connectivity index (χ1) is 9.13. The zero-order valence-corrected chi connectivity index (χ0v) is 12.1. The minimum absolute atomic E-state index is 0.911. The molecule has 0 bridgehead atoms. The van der Waals surface area contributed by atoms with Crippen molar-refractivity contribution in [3.8, 4) is 0 Å². The van der Waals surface area contributed by atoms with Gasteiger partial charge in [0.15, 0.2) is 0 Å². The van der Waals surface area contributed by atoms with Crippen molar-refractivity contribution in [1.29, 1.82) is 0 Å². The van der Waals surface area contributed by atoms with E-state index in [0.29, 0.717) is 0 Å². The van der Waals surface area contributed by atoms with Crippen LogP contribution in [0.15, 0.2) is 47.4 Å². The van der Waals surface area contributed by atoms with Crippen molar-refractivity contribution < 1.29 is 9.90 Å². The van der Waals surface area contributed by atoms with E-state index in [4.69, 9.17) is 5.11 Å². The Kier molecular flexibility index (Phi) is 4.82. The van der Waals surface area contributed by atoms with Crippen LogP contribution in [0.1, 0.15) is 15.3 Å². The second-order valence-electron chi connectivity index (χ2n) is 4.08. The first kappa shape index (κ1) is 13.9. The van der Waals surface area contributed by atoms with Gasteiger partial charge < -0.3 is 5.11 Å². The van der Waals surface area contributed by atoms with Crippen LogP contribution >= 0.6 is 23.1 Å². The highest BCUT2D eigenvalue weighted by atomic mass is 32.2. The molecule has 2 rings (SSSR count). The summed E-state index contributed by atoms with van der Waals surface area (Å²) < 4.78 is 0. The summed E-state index contributed by atoms with van der Waals surface area (Å²) in [6, 6.07) is 12.5. The number of hydrogen-bond acceptors (Lipinski definition) is 3. The SMILES string of the molecule is Cc1ccc(SCc2ccc(C=CC(=O)O)s2)cc1. The van der Waals surface area contributed by atoms with Gasteiger partial charge in [0.05, 0.1) is 0 Å². The Labute approximate surface area is 120 Å². The van der Waals surface area contributed by atoms with Crippen molar-refractivity contribution in [2.75, 3.05) is 0 Å². The number of carboxylic acid groups (broad SMARTS) is 1. The van der Waals surface area contributed by atoms with E-state index in [9.17, 15) is 4.79 Å². The van der Waals surface area contributed by atoms with E-state index >= 15 is 0 Å². The fourth-order valence-electron chi connectivity index (χ4n) is 1.50. The van der Waals surface area contributed by atoms with Gasteiger partial charge in [0, 0.05) is 26.5 Å². The average Bonchev–Trinajstić information content (AvgIpc) is 2.84. The third kappa shape index (κ3) is 4.58. The van der Waals surface area contributed by atoms with Crippen LogP contribution in [0.4, 0.5) is 0 Å². The van der Waals surface area contributed by atoms with Crippen molar-refractivity contribution in [3.05, 3.63) is 57.8 Å². The summed E-state index contributed by atoms with van der Waals surface area (Å²) in [5, 5.41) is 8.57. The first-order valence-electron chi connectivity index (χ1n) is 5.83. The quantitative estimate of drug-likeness (QED) is 0.653.